The van der Waals surface area contributed by atoms with Gasteiger partial charge in [0, 0.05) is 37.9 Å². The molecule has 0 unspecified atom stereocenters. The van der Waals surface area contributed by atoms with E-state index in [0.29, 0.717) is 0 Å². The number of benzene rings is 8. The smallest absolute Gasteiger partial charge is 0.136 e. The van der Waals surface area contributed by atoms with E-state index in [1.807, 2.05) is 24.3 Å². The normalized spacial score (nSPS) is 11.9. The van der Waals surface area contributed by atoms with E-state index in [9.17, 15) is 0 Å². The van der Waals surface area contributed by atoms with Crippen LogP contribution in [0.3, 0.4) is 0 Å². The van der Waals surface area contributed by atoms with Crippen molar-refractivity contribution < 1.29 is 8.83 Å². The van der Waals surface area contributed by atoms with Gasteiger partial charge in [0.05, 0.1) is 16.7 Å². The Hall–Kier alpha value is -6.84. The first kappa shape index (κ1) is 28.0. The van der Waals surface area contributed by atoms with Gasteiger partial charge in [-0.2, -0.15) is 0 Å². The van der Waals surface area contributed by atoms with E-state index in [4.69, 9.17) is 8.83 Å². The molecule has 0 spiro atoms. The number of para-hydroxylation sites is 4. The second-order valence-corrected chi connectivity index (χ2v) is 13.3. The van der Waals surface area contributed by atoms with E-state index in [-0.39, 0.29) is 0 Å². The molecule has 3 aromatic heterocycles. The standard InChI is InChI=1S/C48H29NO2/c1-5-15-41(34(10-1)30-20-22-31(23-21-30)35-14-9-19-47-48(35)38-13-4-8-18-45(38)51-47)49-42-16-6-2-11-36(42)39-28-32(24-26-43(39)49)33-25-27-46-40(29-33)37-12-3-7-17-44(37)50-46/h1-29H. The highest BCUT2D eigenvalue weighted by atomic mass is 16.3. The van der Waals surface area contributed by atoms with Crippen molar-refractivity contribution in [1.82, 2.24) is 4.57 Å². The average Bonchev–Trinajstić information content (AvgIpc) is 3.87. The van der Waals surface area contributed by atoms with Crippen LogP contribution in [-0.4, -0.2) is 4.57 Å². The fraction of sp³-hybridized carbons (Fsp3) is 0. The minimum atomic E-state index is 0.910. The molecule has 3 heteroatoms. The van der Waals surface area contributed by atoms with Crippen LogP contribution in [0.15, 0.2) is 185 Å². The predicted molar refractivity (Wildman–Crippen MR) is 212 cm³/mol. The fourth-order valence-corrected chi connectivity index (χ4v) is 8.07. The Morgan fingerprint density at radius 1 is 0.314 bits per heavy atom. The quantitative estimate of drug-likeness (QED) is 0.190. The predicted octanol–water partition coefficient (Wildman–Crippen LogP) is 13.6. The van der Waals surface area contributed by atoms with Crippen LogP contribution in [0.4, 0.5) is 0 Å². The van der Waals surface area contributed by atoms with Gasteiger partial charge in [0.2, 0.25) is 0 Å². The number of aromatic nitrogens is 1. The molecule has 11 aromatic rings. The molecule has 0 saturated carbocycles. The fourth-order valence-electron chi connectivity index (χ4n) is 8.07. The number of nitrogens with zero attached hydrogens (tertiary/aromatic N) is 1. The van der Waals surface area contributed by atoms with Crippen LogP contribution in [0.5, 0.6) is 0 Å². The van der Waals surface area contributed by atoms with Gasteiger partial charge in [0.15, 0.2) is 0 Å². The summed E-state index contributed by atoms with van der Waals surface area (Å²) in [5, 5.41) is 7.04. The molecule has 0 aliphatic heterocycles. The molecular formula is C48H29NO2. The van der Waals surface area contributed by atoms with Crippen LogP contribution >= 0.6 is 0 Å². The van der Waals surface area contributed by atoms with E-state index < -0.39 is 0 Å². The Labute approximate surface area is 293 Å². The van der Waals surface area contributed by atoms with Crippen molar-refractivity contribution in [3.8, 4) is 39.1 Å². The van der Waals surface area contributed by atoms with Gasteiger partial charge in [-0.05, 0) is 82.4 Å². The SMILES string of the molecule is c1ccc(-n2c3ccccc3c3cc(-c4ccc5oc6ccccc6c5c4)ccc32)c(-c2ccc(-c3cccc4oc5ccccc5c34)cc2)c1. The molecular weight excluding hydrogens is 623 g/mol. The zero-order chi connectivity index (χ0) is 33.5. The summed E-state index contributed by atoms with van der Waals surface area (Å²) >= 11 is 0. The first-order chi connectivity index (χ1) is 25.3. The Balaban J connectivity index is 1.04. The summed E-state index contributed by atoms with van der Waals surface area (Å²) in [6.07, 6.45) is 0. The highest BCUT2D eigenvalue weighted by Crippen LogP contribution is 2.41. The lowest BCUT2D eigenvalue weighted by atomic mass is 9.96. The van der Waals surface area contributed by atoms with Crippen LogP contribution in [-0.2, 0) is 0 Å². The maximum absolute atomic E-state index is 6.19. The monoisotopic (exact) mass is 651 g/mol. The number of furan rings is 2. The zero-order valence-electron chi connectivity index (χ0n) is 27.5. The van der Waals surface area contributed by atoms with Gasteiger partial charge in [0.1, 0.15) is 22.3 Å². The summed E-state index contributed by atoms with van der Waals surface area (Å²) in [5.41, 5.74) is 14.2. The highest BCUT2D eigenvalue weighted by Gasteiger charge is 2.18. The van der Waals surface area contributed by atoms with Crippen LogP contribution in [0, 0.1) is 0 Å². The van der Waals surface area contributed by atoms with Gasteiger partial charge in [0.25, 0.3) is 0 Å². The van der Waals surface area contributed by atoms with Crippen molar-refractivity contribution in [3.63, 3.8) is 0 Å². The largest absolute Gasteiger partial charge is 0.456 e. The topological polar surface area (TPSA) is 31.2 Å². The molecule has 11 rings (SSSR count). The maximum atomic E-state index is 6.19. The van der Waals surface area contributed by atoms with E-state index in [1.165, 1.54) is 55.2 Å². The summed E-state index contributed by atoms with van der Waals surface area (Å²) in [5.74, 6) is 0. The van der Waals surface area contributed by atoms with Crippen molar-refractivity contribution in [3.05, 3.63) is 176 Å². The molecule has 0 aliphatic carbocycles. The molecule has 51 heavy (non-hydrogen) atoms. The lowest BCUT2D eigenvalue weighted by Gasteiger charge is -2.15. The molecule has 0 fully saturated rings. The van der Waals surface area contributed by atoms with Crippen LogP contribution in [0.1, 0.15) is 0 Å². The van der Waals surface area contributed by atoms with Crippen molar-refractivity contribution in [2.45, 2.75) is 0 Å². The van der Waals surface area contributed by atoms with Gasteiger partial charge in [-0.1, -0.05) is 121 Å². The zero-order valence-corrected chi connectivity index (χ0v) is 27.5. The van der Waals surface area contributed by atoms with Crippen molar-refractivity contribution >= 4 is 65.7 Å². The van der Waals surface area contributed by atoms with E-state index in [0.717, 1.165) is 49.6 Å². The molecule has 0 radical (unpaired) electrons. The number of rotatable bonds is 4. The van der Waals surface area contributed by atoms with Crippen molar-refractivity contribution in [2.24, 2.45) is 0 Å². The number of hydrogen-bond acceptors (Lipinski definition) is 2. The van der Waals surface area contributed by atoms with E-state index >= 15 is 0 Å². The lowest BCUT2D eigenvalue weighted by molar-refractivity contribution is 0.668. The van der Waals surface area contributed by atoms with Crippen molar-refractivity contribution in [1.29, 1.82) is 0 Å². The lowest BCUT2D eigenvalue weighted by Crippen LogP contribution is -1.97. The Morgan fingerprint density at radius 3 is 1.69 bits per heavy atom. The van der Waals surface area contributed by atoms with E-state index in [1.54, 1.807) is 0 Å². The second-order valence-electron chi connectivity index (χ2n) is 13.3. The third-order valence-corrected chi connectivity index (χ3v) is 10.4. The molecule has 0 bridgehead atoms. The van der Waals surface area contributed by atoms with Gasteiger partial charge < -0.3 is 13.4 Å². The summed E-state index contributed by atoms with van der Waals surface area (Å²) in [6.45, 7) is 0. The van der Waals surface area contributed by atoms with Crippen LogP contribution in [0.25, 0.3) is 105 Å². The minimum absolute atomic E-state index is 0.910. The summed E-state index contributed by atoms with van der Waals surface area (Å²) in [6, 6.07) is 62.7. The third-order valence-electron chi connectivity index (χ3n) is 10.4. The summed E-state index contributed by atoms with van der Waals surface area (Å²) in [4.78, 5) is 0. The molecule has 0 saturated heterocycles. The Bertz CT molecular complexity index is 3140. The van der Waals surface area contributed by atoms with Crippen molar-refractivity contribution in [2.75, 3.05) is 0 Å². The molecule has 3 nitrogen and oxygen atoms in total. The average molecular weight is 652 g/mol. The van der Waals surface area contributed by atoms with Gasteiger partial charge in [-0.3, -0.25) is 0 Å². The molecule has 0 atom stereocenters. The maximum Gasteiger partial charge on any atom is 0.136 e. The highest BCUT2D eigenvalue weighted by molar-refractivity contribution is 6.13. The second kappa shape index (κ2) is 10.8. The summed E-state index contributed by atoms with van der Waals surface area (Å²) in [7, 11) is 0. The Kier molecular flexibility index (Phi) is 5.96. The summed E-state index contributed by atoms with van der Waals surface area (Å²) < 4.78 is 14.7. The van der Waals surface area contributed by atoms with Crippen LogP contribution in [0.2, 0.25) is 0 Å². The molecule has 3 heterocycles. The molecule has 238 valence electrons. The first-order valence-electron chi connectivity index (χ1n) is 17.3. The molecule has 0 N–H and O–H groups in total. The number of hydrogen-bond donors (Lipinski definition) is 0. The van der Waals surface area contributed by atoms with Gasteiger partial charge >= 0.3 is 0 Å². The molecule has 0 aliphatic rings. The van der Waals surface area contributed by atoms with Gasteiger partial charge in [-0.15, -0.1) is 0 Å². The first-order valence-corrected chi connectivity index (χ1v) is 17.3. The van der Waals surface area contributed by atoms with Gasteiger partial charge in [-0.25, -0.2) is 0 Å². The van der Waals surface area contributed by atoms with E-state index in [2.05, 4.69) is 156 Å². The number of fused-ring (bicyclic) bond motifs is 9. The Morgan fingerprint density at radius 2 is 0.843 bits per heavy atom. The third kappa shape index (κ3) is 4.25. The molecule has 8 aromatic carbocycles. The van der Waals surface area contributed by atoms with Crippen LogP contribution < -0.4 is 0 Å². The minimum Gasteiger partial charge on any atom is -0.456 e. The molecule has 0 amide bonds.